The van der Waals surface area contributed by atoms with Gasteiger partial charge in [0.25, 0.3) is 0 Å². The van der Waals surface area contributed by atoms with Gasteiger partial charge >= 0.3 is 18.2 Å². The highest BCUT2D eigenvalue weighted by molar-refractivity contribution is 5.50. The van der Waals surface area contributed by atoms with E-state index in [2.05, 4.69) is 16.4 Å². The van der Waals surface area contributed by atoms with E-state index in [-0.39, 0.29) is 12.0 Å². The molecule has 1 saturated heterocycles. The molecular formula is C31H34F6O4. The largest absolute Gasteiger partial charge is 0.429 e. The summed E-state index contributed by atoms with van der Waals surface area (Å²) in [6, 6.07) is 5.10. The van der Waals surface area contributed by atoms with E-state index in [0.717, 1.165) is 94.6 Å². The van der Waals surface area contributed by atoms with Crippen LogP contribution in [0.15, 0.2) is 60.6 Å². The normalized spacial score (nSPS) is 23.4. The van der Waals surface area contributed by atoms with Crippen LogP contribution in [0.3, 0.4) is 0 Å². The minimum atomic E-state index is -4.02. The van der Waals surface area contributed by atoms with Gasteiger partial charge in [0.2, 0.25) is 0 Å². The lowest BCUT2D eigenvalue weighted by Gasteiger charge is -2.37. The topological polar surface area (TPSA) is 36.9 Å². The Morgan fingerprint density at radius 1 is 0.927 bits per heavy atom. The minimum absolute atomic E-state index is 0.0847. The van der Waals surface area contributed by atoms with Crippen molar-refractivity contribution in [2.75, 3.05) is 13.2 Å². The van der Waals surface area contributed by atoms with Crippen LogP contribution in [0.1, 0.15) is 63.0 Å². The first-order valence-electron chi connectivity index (χ1n) is 13.9. The number of hydrogen-bond donors (Lipinski definition) is 0. The van der Waals surface area contributed by atoms with Crippen LogP contribution in [-0.2, 0) is 15.6 Å². The highest BCUT2D eigenvalue weighted by atomic mass is 19.3. The zero-order chi connectivity index (χ0) is 29.4. The summed E-state index contributed by atoms with van der Waals surface area (Å²) in [5.41, 5.74) is -0.518. The molecule has 4 nitrogen and oxygen atoms in total. The van der Waals surface area contributed by atoms with Gasteiger partial charge in [-0.05, 0) is 92.8 Å². The Balaban J connectivity index is 1.23. The number of alkyl halides is 2. The maximum absolute atomic E-state index is 14.6. The molecule has 0 amide bonds. The van der Waals surface area contributed by atoms with Crippen LogP contribution in [0.4, 0.5) is 26.3 Å². The van der Waals surface area contributed by atoms with Crippen molar-refractivity contribution in [3.8, 4) is 11.5 Å². The van der Waals surface area contributed by atoms with Gasteiger partial charge in [-0.1, -0.05) is 25.1 Å². The van der Waals surface area contributed by atoms with Crippen LogP contribution >= 0.6 is 0 Å². The predicted octanol–water partition coefficient (Wildman–Crippen LogP) is 9.37. The van der Waals surface area contributed by atoms with E-state index in [0.29, 0.717) is 23.3 Å². The van der Waals surface area contributed by atoms with Gasteiger partial charge in [-0.15, -0.1) is 0 Å². The van der Waals surface area contributed by atoms with Crippen LogP contribution in [0, 0.1) is 23.6 Å². The zero-order valence-electron chi connectivity index (χ0n) is 22.8. The molecule has 41 heavy (non-hydrogen) atoms. The molecule has 0 spiro atoms. The fourth-order valence-electron chi connectivity index (χ4n) is 5.16. The standard InChI is InChI=1S/C31H34F6O4/c1-2-20-18-38-30(39-19-20)23-10-7-21(8-11-23)5-3-4-6-22-9-16-26(27(32)17-22)31(36,37)41-25-14-12-24(13-15-25)40-29(35)28(33)34/h4,6,9,12-17,20-21,23,30H,2-3,5,7-8,10-11,18-19H2,1H3/b6-4+. The highest BCUT2D eigenvalue weighted by Crippen LogP contribution is 2.37. The fourth-order valence-corrected chi connectivity index (χ4v) is 5.16. The first kappa shape index (κ1) is 31.0. The van der Waals surface area contributed by atoms with Crippen molar-refractivity contribution < 1.29 is 45.3 Å². The summed E-state index contributed by atoms with van der Waals surface area (Å²) < 4.78 is 102. The van der Waals surface area contributed by atoms with E-state index in [1.165, 1.54) is 6.07 Å². The molecule has 0 unspecified atom stereocenters. The second-order valence-corrected chi connectivity index (χ2v) is 10.5. The maximum Gasteiger partial charge on any atom is 0.429 e. The van der Waals surface area contributed by atoms with Gasteiger partial charge in [0.05, 0.1) is 18.8 Å². The molecule has 0 radical (unpaired) electrons. The Morgan fingerprint density at radius 3 is 2.20 bits per heavy atom. The number of rotatable bonds is 11. The summed E-state index contributed by atoms with van der Waals surface area (Å²) in [6.45, 7) is 3.69. The first-order valence-corrected chi connectivity index (χ1v) is 13.9. The zero-order valence-corrected chi connectivity index (χ0v) is 22.8. The molecule has 2 aromatic rings. The number of benzene rings is 2. The molecule has 4 rings (SSSR count). The Labute approximate surface area is 235 Å². The third-order valence-electron chi connectivity index (χ3n) is 7.63. The Kier molecular flexibility index (Phi) is 10.8. The molecule has 0 bridgehead atoms. The monoisotopic (exact) mass is 584 g/mol. The molecule has 0 aromatic heterocycles. The lowest BCUT2D eigenvalue weighted by molar-refractivity contribution is -0.229. The third-order valence-corrected chi connectivity index (χ3v) is 7.63. The molecule has 2 aromatic carbocycles. The van der Waals surface area contributed by atoms with Crippen molar-refractivity contribution in [1.29, 1.82) is 0 Å². The summed E-state index contributed by atoms with van der Waals surface area (Å²) in [7, 11) is 0. The van der Waals surface area contributed by atoms with Crippen LogP contribution in [0.25, 0.3) is 6.08 Å². The van der Waals surface area contributed by atoms with Crippen molar-refractivity contribution in [1.82, 2.24) is 0 Å². The van der Waals surface area contributed by atoms with E-state index in [4.69, 9.17) is 9.47 Å². The smallest absolute Gasteiger partial charge is 0.429 e. The van der Waals surface area contributed by atoms with Gasteiger partial charge in [-0.3, -0.25) is 0 Å². The molecular weight excluding hydrogens is 550 g/mol. The summed E-state index contributed by atoms with van der Waals surface area (Å²) in [4.78, 5) is 0. The molecule has 1 aliphatic carbocycles. The van der Waals surface area contributed by atoms with E-state index in [1.807, 2.05) is 6.08 Å². The lowest BCUT2D eigenvalue weighted by Crippen LogP contribution is -2.38. The van der Waals surface area contributed by atoms with E-state index < -0.39 is 35.3 Å². The molecule has 1 saturated carbocycles. The summed E-state index contributed by atoms with van der Waals surface area (Å²) in [5, 5.41) is 0. The van der Waals surface area contributed by atoms with Gasteiger partial charge < -0.3 is 18.9 Å². The Morgan fingerprint density at radius 2 is 1.59 bits per heavy atom. The van der Waals surface area contributed by atoms with E-state index >= 15 is 0 Å². The average Bonchev–Trinajstić information content (AvgIpc) is 2.96. The van der Waals surface area contributed by atoms with Gasteiger partial charge in [0.15, 0.2) is 6.29 Å². The number of allylic oxidation sites excluding steroid dienone is 1. The molecule has 0 atom stereocenters. The minimum Gasteiger partial charge on any atom is -0.429 e. The second kappa shape index (κ2) is 14.3. The van der Waals surface area contributed by atoms with Crippen molar-refractivity contribution >= 4 is 6.08 Å². The SMILES string of the molecule is CCC1COC(C2CCC(CC/C=C/c3ccc(C(F)(F)Oc4ccc(OC(F)=C(F)F)cc4)c(F)c3)CC2)OC1. The molecule has 1 heterocycles. The van der Waals surface area contributed by atoms with Crippen LogP contribution < -0.4 is 9.47 Å². The summed E-state index contributed by atoms with van der Waals surface area (Å²) in [6.07, 6.45) is 4.09. The van der Waals surface area contributed by atoms with Gasteiger partial charge in [-0.25, -0.2) is 4.39 Å². The fraction of sp³-hybridized carbons (Fsp3) is 0.484. The lowest BCUT2D eigenvalue weighted by atomic mass is 9.79. The quantitative estimate of drug-likeness (QED) is 0.195. The van der Waals surface area contributed by atoms with Gasteiger partial charge in [0.1, 0.15) is 17.3 Å². The second-order valence-electron chi connectivity index (χ2n) is 10.5. The van der Waals surface area contributed by atoms with Gasteiger partial charge in [-0.2, -0.15) is 22.0 Å². The average molecular weight is 585 g/mol. The van der Waals surface area contributed by atoms with Gasteiger partial charge in [0, 0.05) is 11.8 Å². The molecule has 2 aliphatic rings. The highest BCUT2D eigenvalue weighted by Gasteiger charge is 2.38. The molecule has 224 valence electrons. The first-order chi connectivity index (χ1) is 19.6. The van der Waals surface area contributed by atoms with Crippen LogP contribution in [0.2, 0.25) is 0 Å². The summed E-state index contributed by atoms with van der Waals surface area (Å²) >= 11 is 0. The number of ether oxygens (including phenoxy) is 4. The summed E-state index contributed by atoms with van der Waals surface area (Å²) in [5.74, 6) is -0.358. The van der Waals surface area contributed by atoms with Crippen molar-refractivity contribution in [2.24, 2.45) is 17.8 Å². The Hall–Kier alpha value is -2.98. The number of halogens is 6. The number of hydrogen-bond acceptors (Lipinski definition) is 4. The molecule has 2 fully saturated rings. The molecule has 0 N–H and O–H groups in total. The third kappa shape index (κ3) is 8.75. The van der Waals surface area contributed by atoms with Crippen molar-refractivity contribution in [2.45, 2.75) is 64.3 Å². The Bertz CT molecular complexity index is 1180. The predicted molar refractivity (Wildman–Crippen MR) is 142 cm³/mol. The van der Waals surface area contributed by atoms with E-state index in [9.17, 15) is 26.3 Å². The molecule has 10 heteroatoms. The van der Waals surface area contributed by atoms with E-state index in [1.54, 1.807) is 6.08 Å². The van der Waals surface area contributed by atoms with Crippen LogP contribution in [-0.4, -0.2) is 19.5 Å². The van der Waals surface area contributed by atoms with Crippen molar-refractivity contribution in [3.63, 3.8) is 0 Å². The maximum atomic E-state index is 14.6. The van der Waals surface area contributed by atoms with Crippen molar-refractivity contribution in [3.05, 3.63) is 77.6 Å². The van der Waals surface area contributed by atoms with Crippen LogP contribution in [0.5, 0.6) is 11.5 Å². The molecule has 1 aliphatic heterocycles.